The molecule has 0 aliphatic carbocycles. The third kappa shape index (κ3) is 6.79. The molecule has 0 saturated carbocycles. The summed E-state index contributed by atoms with van der Waals surface area (Å²) in [5.74, 6) is -1.66. The van der Waals surface area contributed by atoms with Crippen LogP contribution in [0.1, 0.15) is 70.2 Å². The summed E-state index contributed by atoms with van der Waals surface area (Å²) in [5.41, 5.74) is 1.97. The summed E-state index contributed by atoms with van der Waals surface area (Å²) in [7, 11) is 0. The van der Waals surface area contributed by atoms with Gasteiger partial charge in [-0.2, -0.15) is 5.10 Å². The van der Waals surface area contributed by atoms with Crippen molar-refractivity contribution in [3.8, 4) is 0 Å². The first-order chi connectivity index (χ1) is 20.4. The molecule has 1 aliphatic rings. The molecule has 0 saturated heterocycles. The number of fused-ring (bicyclic) bond motifs is 3. The van der Waals surface area contributed by atoms with Crippen molar-refractivity contribution in [3.05, 3.63) is 82.2 Å². The van der Waals surface area contributed by atoms with Gasteiger partial charge in [0.05, 0.1) is 12.2 Å². The fourth-order valence-corrected chi connectivity index (χ4v) is 5.60. The molecular weight excluding hydrogens is 556 g/mol. The van der Waals surface area contributed by atoms with Crippen LogP contribution in [0.15, 0.2) is 60.2 Å². The second-order valence-corrected chi connectivity index (χ2v) is 10.9. The van der Waals surface area contributed by atoms with Crippen LogP contribution < -0.4 is 21.3 Å². The van der Waals surface area contributed by atoms with Gasteiger partial charge in [0.25, 0.3) is 11.8 Å². The molecule has 218 valence electrons. The van der Waals surface area contributed by atoms with Crippen LogP contribution in [-0.4, -0.2) is 61.8 Å². The predicted molar refractivity (Wildman–Crippen MR) is 156 cm³/mol. The Balaban J connectivity index is 1.38. The van der Waals surface area contributed by atoms with Gasteiger partial charge < -0.3 is 21.3 Å². The van der Waals surface area contributed by atoms with E-state index in [1.165, 1.54) is 22.0 Å². The number of thiazole rings is 1. The quantitative estimate of drug-likeness (QED) is 0.278. The van der Waals surface area contributed by atoms with Gasteiger partial charge in [-0.3, -0.25) is 19.2 Å². The lowest BCUT2D eigenvalue weighted by Gasteiger charge is -2.24. The molecule has 13 heteroatoms. The summed E-state index contributed by atoms with van der Waals surface area (Å²) < 4.78 is 1.40. The summed E-state index contributed by atoms with van der Waals surface area (Å²) in [5, 5.41) is 18.0. The molecule has 1 aliphatic heterocycles. The van der Waals surface area contributed by atoms with E-state index < -0.39 is 29.9 Å². The van der Waals surface area contributed by atoms with Crippen LogP contribution in [0.2, 0.25) is 0 Å². The van der Waals surface area contributed by atoms with Gasteiger partial charge >= 0.3 is 0 Å². The molecule has 42 heavy (non-hydrogen) atoms. The van der Waals surface area contributed by atoms with Crippen molar-refractivity contribution in [2.75, 3.05) is 6.54 Å². The number of benzene rings is 1. The van der Waals surface area contributed by atoms with Crippen molar-refractivity contribution < 1.29 is 19.2 Å². The molecule has 4 N–H and O–H groups in total. The number of nitrogens with zero attached hydrogens (tertiary/aromatic N) is 4. The monoisotopic (exact) mass is 588 g/mol. The SMILES string of the molecule is CC[C@H]1NC(=O)[C@@H](NC(=O)c2cnc3cccnn23)CCCCNC(=O)c2csc(n2)[C@H](Cc2ccccc2)NC1=O. The summed E-state index contributed by atoms with van der Waals surface area (Å²) >= 11 is 1.30. The standard InChI is InChI=1S/C29H32N8O4S/c1-2-19-26(39)35-21(15-18-9-4-3-5-10-18)29-36-22(17-42-29)25(38)30-13-7-6-11-20(27(40)33-19)34-28(41)23-16-31-24-12-8-14-32-37(23)24/h3-5,8-10,12,14,16-17,19-21H,2,6-7,11,13,15H2,1H3,(H,30,38)(H,33,40)(H,34,41)(H,35,39)/t19-,20+,21+/m1/s1. The fourth-order valence-electron chi connectivity index (χ4n) is 4.75. The van der Waals surface area contributed by atoms with Gasteiger partial charge in [0, 0.05) is 18.1 Å². The van der Waals surface area contributed by atoms with E-state index in [1.807, 2.05) is 30.3 Å². The van der Waals surface area contributed by atoms with Crippen LogP contribution >= 0.6 is 11.3 Å². The molecule has 0 radical (unpaired) electrons. The number of carbonyl (C=O) groups excluding carboxylic acids is 4. The number of amides is 4. The zero-order chi connectivity index (χ0) is 29.5. The summed E-state index contributed by atoms with van der Waals surface area (Å²) in [6.07, 6.45) is 5.15. The van der Waals surface area contributed by atoms with Gasteiger partial charge in [-0.15, -0.1) is 11.3 Å². The molecule has 5 rings (SSSR count). The Morgan fingerprint density at radius 1 is 1.05 bits per heavy atom. The Morgan fingerprint density at radius 3 is 2.67 bits per heavy atom. The van der Waals surface area contributed by atoms with Crippen LogP contribution in [-0.2, 0) is 16.0 Å². The summed E-state index contributed by atoms with van der Waals surface area (Å²) in [4.78, 5) is 61.7. The van der Waals surface area contributed by atoms with Crippen molar-refractivity contribution in [1.29, 1.82) is 0 Å². The number of rotatable bonds is 5. The van der Waals surface area contributed by atoms with Gasteiger partial charge in [-0.25, -0.2) is 14.5 Å². The second-order valence-electron chi connectivity index (χ2n) is 10.0. The topological polar surface area (TPSA) is 159 Å². The largest absolute Gasteiger partial charge is 0.351 e. The maximum atomic E-state index is 13.5. The van der Waals surface area contributed by atoms with E-state index in [2.05, 4.69) is 36.3 Å². The van der Waals surface area contributed by atoms with Crippen molar-refractivity contribution in [2.24, 2.45) is 0 Å². The first kappa shape index (κ1) is 28.9. The minimum Gasteiger partial charge on any atom is -0.351 e. The van der Waals surface area contributed by atoms with E-state index in [4.69, 9.17) is 0 Å². The zero-order valence-corrected chi connectivity index (χ0v) is 23.9. The lowest BCUT2D eigenvalue weighted by Crippen LogP contribution is -2.54. The first-order valence-corrected chi connectivity index (χ1v) is 14.8. The highest BCUT2D eigenvalue weighted by atomic mass is 32.1. The first-order valence-electron chi connectivity index (χ1n) is 13.9. The number of hydrogen-bond acceptors (Lipinski definition) is 8. The second kappa shape index (κ2) is 13.3. The highest BCUT2D eigenvalue weighted by molar-refractivity contribution is 7.09. The highest BCUT2D eigenvalue weighted by Gasteiger charge is 2.29. The molecule has 2 bridgehead atoms. The number of carbonyl (C=O) groups is 4. The molecule has 4 heterocycles. The Bertz CT molecular complexity index is 1570. The van der Waals surface area contributed by atoms with Crippen LogP contribution in [0.3, 0.4) is 0 Å². The Labute approximate surface area is 246 Å². The van der Waals surface area contributed by atoms with E-state index in [0.29, 0.717) is 55.0 Å². The molecular formula is C29H32N8O4S. The maximum absolute atomic E-state index is 13.5. The minimum atomic E-state index is -0.920. The molecule has 0 fully saturated rings. The minimum absolute atomic E-state index is 0.188. The third-order valence-corrected chi connectivity index (χ3v) is 7.99. The normalized spacial score (nSPS) is 20.4. The Hall–Kier alpha value is -4.65. The van der Waals surface area contributed by atoms with Crippen LogP contribution in [0, 0.1) is 0 Å². The zero-order valence-electron chi connectivity index (χ0n) is 23.1. The predicted octanol–water partition coefficient (Wildman–Crippen LogP) is 2.19. The molecule has 3 aromatic heterocycles. The average Bonchev–Trinajstić information content (AvgIpc) is 3.67. The van der Waals surface area contributed by atoms with Crippen molar-refractivity contribution in [1.82, 2.24) is 40.8 Å². The number of hydrogen-bond donors (Lipinski definition) is 4. The van der Waals surface area contributed by atoms with Gasteiger partial charge in [0.2, 0.25) is 11.8 Å². The number of imidazole rings is 1. The lowest BCUT2D eigenvalue weighted by atomic mass is 10.0. The maximum Gasteiger partial charge on any atom is 0.272 e. The fraction of sp³-hybridized carbons (Fsp3) is 0.345. The van der Waals surface area contributed by atoms with Crippen LogP contribution in [0.25, 0.3) is 5.65 Å². The molecule has 1 aromatic carbocycles. The van der Waals surface area contributed by atoms with E-state index in [9.17, 15) is 19.2 Å². The van der Waals surface area contributed by atoms with Gasteiger partial charge in [0.15, 0.2) is 5.65 Å². The molecule has 4 amide bonds. The molecule has 4 aromatic rings. The van der Waals surface area contributed by atoms with Gasteiger partial charge in [0.1, 0.15) is 28.5 Å². The summed E-state index contributed by atoms with van der Waals surface area (Å²) in [6.45, 7) is 2.19. The molecule has 12 nitrogen and oxygen atoms in total. The molecule has 0 unspecified atom stereocenters. The average molecular weight is 589 g/mol. The third-order valence-electron chi connectivity index (χ3n) is 7.03. The smallest absolute Gasteiger partial charge is 0.272 e. The van der Waals surface area contributed by atoms with E-state index in [0.717, 1.165) is 5.56 Å². The highest BCUT2D eigenvalue weighted by Crippen LogP contribution is 2.23. The lowest BCUT2D eigenvalue weighted by molar-refractivity contribution is -0.130. The van der Waals surface area contributed by atoms with Gasteiger partial charge in [-0.05, 0) is 49.8 Å². The van der Waals surface area contributed by atoms with Crippen LogP contribution in [0.4, 0.5) is 0 Å². The van der Waals surface area contributed by atoms with E-state index in [-0.39, 0.29) is 17.5 Å². The van der Waals surface area contributed by atoms with Crippen molar-refractivity contribution in [3.63, 3.8) is 0 Å². The van der Waals surface area contributed by atoms with Crippen LogP contribution in [0.5, 0.6) is 0 Å². The Morgan fingerprint density at radius 2 is 1.86 bits per heavy atom. The molecule has 0 spiro atoms. The van der Waals surface area contributed by atoms with E-state index >= 15 is 0 Å². The molecule has 3 atom stereocenters. The van der Waals surface area contributed by atoms with Crippen molar-refractivity contribution in [2.45, 2.75) is 57.2 Å². The van der Waals surface area contributed by atoms with E-state index in [1.54, 1.807) is 30.6 Å². The number of aromatic nitrogens is 4. The van der Waals surface area contributed by atoms with Crippen molar-refractivity contribution >= 4 is 40.6 Å². The number of nitrogens with one attached hydrogen (secondary N) is 4. The van der Waals surface area contributed by atoms with Gasteiger partial charge in [-0.1, -0.05) is 37.3 Å². The summed E-state index contributed by atoms with van der Waals surface area (Å²) in [6, 6.07) is 10.8. The Kier molecular flexibility index (Phi) is 9.17.